The Balaban J connectivity index is 1.63. The van der Waals surface area contributed by atoms with Gasteiger partial charge in [-0.25, -0.2) is 0 Å². The van der Waals surface area contributed by atoms with E-state index in [0.717, 1.165) is 23.1 Å². The van der Waals surface area contributed by atoms with Gasteiger partial charge in [0.15, 0.2) is 0 Å². The molecule has 1 aromatic rings. The zero-order valence-electron chi connectivity index (χ0n) is 9.23. The average molecular weight is 285 g/mol. The molecular weight excluding hydrogens is 268 g/mol. The standard InChI is InChI=1S/C13H17BrO2/c14-11-3-1-4-12(9-11)16-8-2-5-13(15)10-6-7-10/h1,3-4,9-10,13,15H,2,5-8H2. The van der Waals surface area contributed by atoms with Crippen molar-refractivity contribution in [2.45, 2.75) is 31.8 Å². The van der Waals surface area contributed by atoms with Gasteiger partial charge in [0, 0.05) is 4.47 Å². The van der Waals surface area contributed by atoms with Crippen LogP contribution in [0.15, 0.2) is 28.7 Å². The van der Waals surface area contributed by atoms with Crippen molar-refractivity contribution in [2.24, 2.45) is 5.92 Å². The van der Waals surface area contributed by atoms with Crippen molar-refractivity contribution in [2.75, 3.05) is 6.61 Å². The second-order valence-corrected chi connectivity index (χ2v) is 5.27. The van der Waals surface area contributed by atoms with Crippen molar-refractivity contribution in [3.05, 3.63) is 28.7 Å². The van der Waals surface area contributed by atoms with Gasteiger partial charge in [-0.15, -0.1) is 0 Å². The van der Waals surface area contributed by atoms with Crippen LogP contribution in [0.3, 0.4) is 0 Å². The largest absolute Gasteiger partial charge is 0.494 e. The summed E-state index contributed by atoms with van der Waals surface area (Å²) in [7, 11) is 0. The summed E-state index contributed by atoms with van der Waals surface area (Å²) in [5.74, 6) is 1.46. The number of rotatable bonds is 6. The molecule has 88 valence electrons. The van der Waals surface area contributed by atoms with Crippen LogP contribution in [-0.4, -0.2) is 17.8 Å². The first-order valence-electron chi connectivity index (χ1n) is 5.82. The Morgan fingerprint density at radius 1 is 1.44 bits per heavy atom. The summed E-state index contributed by atoms with van der Waals surface area (Å²) in [6.07, 6.45) is 4.08. The van der Waals surface area contributed by atoms with Crippen LogP contribution in [-0.2, 0) is 0 Å². The van der Waals surface area contributed by atoms with Gasteiger partial charge in [-0.2, -0.15) is 0 Å². The molecule has 0 amide bonds. The lowest BCUT2D eigenvalue weighted by atomic mass is 10.1. The number of hydrogen-bond acceptors (Lipinski definition) is 2. The summed E-state index contributed by atoms with van der Waals surface area (Å²) in [5, 5.41) is 9.67. The highest BCUT2D eigenvalue weighted by atomic mass is 79.9. The third-order valence-electron chi connectivity index (χ3n) is 2.88. The van der Waals surface area contributed by atoms with E-state index in [9.17, 15) is 5.11 Å². The molecule has 1 saturated carbocycles. The van der Waals surface area contributed by atoms with Gasteiger partial charge in [-0.3, -0.25) is 0 Å². The second-order valence-electron chi connectivity index (χ2n) is 4.35. The van der Waals surface area contributed by atoms with Crippen molar-refractivity contribution in [3.63, 3.8) is 0 Å². The van der Waals surface area contributed by atoms with Gasteiger partial charge in [0.1, 0.15) is 5.75 Å². The van der Waals surface area contributed by atoms with Crippen molar-refractivity contribution in [1.82, 2.24) is 0 Å². The molecule has 1 aromatic carbocycles. The number of hydrogen-bond donors (Lipinski definition) is 1. The van der Waals surface area contributed by atoms with Gasteiger partial charge in [-0.05, 0) is 49.8 Å². The predicted molar refractivity (Wildman–Crippen MR) is 67.6 cm³/mol. The van der Waals surface area contributed by atoms with E-state index < -0.39 is 0 Å². The Hall–Kier alpha value is -0.540. The zero-order chi connectivity index (χ0) is 11.4. The monoisotopic (exact) mass is 284 g/mol. The topological polar surface area (TPSA) is 29.5 Å². The van der Waals surface area contributed by atoms with Crippen molar-refractivity contribution >= 4 is 15.9 Å². The third-order valence-corrected chi connectivity index (χ3v) is 3.37. The number of halogens is 1. The first kappa shape index (κ1) is 11.9. The van der Waals surface area contributed by atoms with E-state index >= 15 is 0 Å². The SMILES string of the molecule is OC(CCCOc1cccc(Br)c1)C1CC1. The molecule has 0 bridgehead atoms. The van der Waals surface area contributed by atoms with Crippen molar-refractivity contribution in [3.8, 4) is 5.75 Å². The first-order valence-corrected chi connectivity index (χ1v) is 6.61. The highest BCUT2D eigenvalue weighted by molar-refractivity contribution is 9.10. The van der Waals surface area contributed by atoms with E-state index in [1.54, 1.807) is 0 Å². The molecule has 0 radical (unpaired) electrons. The third kappa shape index (κ3) is 3.80. The molecule has 0 spiro atoms. The van der Waals surface area contributed by atoms with Crippen LogP contribution < -0.4 is 4.74 Å². The number of ether oxygens (including phenoxy) is 1. The van der Waals surface area contributed by atoms with E-state index in [4.69, 9.17) is 4.74 Å². The highest BCUT2D eigenvalue weighted by Crippen LogP contribution is 2.34. The van der Waals surface area contributed by atoms with Crippen LogP contribution >= 0.6 is 15.9 Å². The quantitative estimate of drug-likeness (QED) is 0.812. The molecule has 2 rings (SSSR count). The van der Waals surface area contributed by atoms with Gasteiger partial charge in [-0.1, -0.05) is 22.0 Å². The summed E-state index contributed by atoms with van der Waals surface area (Å²) in [6.45, 7) is 0.681. The maximum atomic E-state index is 9.67. The van der Waals surface area contributed by atoms with E-state index in [1.807, 2.05) is 24.3 Å². The molecular formula is C13H17BrO2. The van der Waals surface area contributed by atoms with Gasteiger partial charge in [0.2, 0.25) is 0 Å². The van der Waals surface area contributed by atoms with Crippen LogP contribution in [0.4, 0.5) is 0 Å². The van der Waals surface area contributed by atoms with E-state index in [2.05, 4.69) is 15.9 Å². The Morgan fingerprint density at radius 2 is 2.25 bits per heavy atom. The van der Waals surface area contributed by atoms with Gasteiger partial charge in [0.05, 0.1) is 12.7 Å². The smallest absolute Gasteiger partial charge is 0.120 e. The molecule has 1 aliphatic carbocycles. The van der Waals surface area contributed by atoms with Crippen LogP contribution in [0.5, 0.6) is 5.75 Å². The molecule has 0 aliphatic heterocycles. The molecule has 1 unspecified atom stereocenters. The van der Waals surface area contributed by atoms with Gasteiger partial charge < -0.3 is 9.84 Å². The van der Waals surface area contributed by atoms with Crippen LogP contribution in [0.1, 0.15) is 25.7 Å². The molecule has 2 nitrogen and oxygen atoms in total. The van der Waals surface area contributed by atoms with Crippen LogP contribution in [0.25, 0.3) is 0 Å². The fraction of sp³-hybridized carbons (Fsp3) is 0.538. The summed E-state index contributed by atoms with van der Waals surface area (Å²) in [5.41, 5.74) is 0. The molecule has 0 aromatic heterocycles. The minimum Gasteiger partial charge on any atom is -0.494 e. The normalized spacial score (nSPS) is 17.1. The lowest BCUT2D eigenvalue weighted by Crippen LogP contribution is -2.10. The number of aliphatic hydroxyl groups excluding tert-OH is 1. The Kier molecular flexibility index (Phi) is 4.24. The molecule has 0 heterocycles. The van der Waals surface area contributed by atoms with Crippen LogP contribution in [0, 0.1) is 5.92 Å². The second kappa shape index (κ2) is 5.69. The van der Waals surface area contributed by atoms with E-state index in [-0.39, 0.29) is 6.10 Å². The van der Waals surface area contributed by atoms with E-state index in [0.29, 0.717) is 12.5 Å². The summed E-state index contributed by atoms with van der Waals surface area (Å²) >= 11 is 3.40. The Labute approximate surface area is 105 Å². The lowest BCUT2D eigenvalue weighted by Gasteiger charge is -2.10. The van der Waals surface area contributed by atoms with Gasteiger partial charge >= 0.3 is 0 Å². The predicted octanol–water partition coefficient (Wildman–Crippen LogP) is 3.38. The molecule has 3 heteroatoms. The summed E-state index contributed by atoms with van der Waals surface area (Å²) in [6, 6.07) is 7.83. The zero-order valence-corrected chi connectivity index (χ0v) is 10.8. The van der Waals surface area contributed by atoms with Crippen molar-refractivity contribution < 1.29 is 9.84 Å². The molecule has 16 heavy (non-hydrogen) atoms. The van der Waals surface area contributed by atoms with Crippen LogP contribution in [0.2, 0.25) is 0 Å². The maximum Gasteiger partial charge on any atom is 0.120 e. The highest BCUT2D eigenvalue weighted by Gasteiger charge is 2.28. The lowest BCUT2D eigenvalue weighted by molar-refractivity contribution is 0.131. The number of benzene rings is 1. The Bertz CT molecular complexity index is 336. The summed E-state index contributed by atoms with van der Waals surface area (Å²) < 4.78 is 6.63. The summed E-state index contributed by atoms with van der Waals surface area (Å²) in [4.78, 5) is 0. The Morgan fingerprint density at radius 3 is 2.94 bits per heavy atom. The molecule has 1 N–H and O–H groups in total. The minimum atomic E-state index is -0.105. The molecule has 0 saturated heterocycles. The molecule has 1 aliphatic rings. The minimum absolute atomic E-state index is 0.105. The van der Waals surface area contributed by atoms with Gasteiger partial charge in [0.25, 0.3) is 0 Å². The fourth-order valence-electron chi connectivity index (χ4n) is 1.76. The van der Waals surface area contributed by atoms with Crippen molar-refractivity contribution in [1.29, 1.82) is 0 Å². The van der Waals surface area contributed by atoms with E-state index in [1.165, 1.54) is 12.8 Å². The molecule has 1 atom stereocenters. The maximum absolute atomic E-state index is 9.67. The average Bonchev–Trinajstić information content (AvgIpc) is 3.08. The number of aliphatic hydroxyl groups is 1. The first-order chi connectivity index (χ1) is 7.75. The fourth-order valence-corrected chi connectivity index (χ4v) is 2.13. The molecule has 1 fully saturated rings.